The molecule has 4 aromatic rings. The molecule has 0 amide bonds. The lowest BCUT2D eigenvalue weighted by Crippen LogP contribution is -2.45. The highest BCUT2D eigenvalue weighted by molar-refractivity contribution is 7.80. The standard InChI is InChI=1S/C29H28N4O2S/c1-18-8-12-21(13-9-18)17-33-20(3)25(26(30-29(33)36)22-14-10-19(2)11-15-22)28-31-27(32-35-28)23-6-5-7-24(16-23)34-4/h5-16,26H,17H2,1-4H3,(H,30,36). The first-order valence-electron chi connectivity index (χ1n) is 11.8. The van der Waals surface area contributed by atoms with E-state index in [0.717, 1.165) is 28.1 Å². The molecular weight excluding hydrogens is 468 g/mol. The van der Waals surface area contributed by atoms with Gasteiger partial charge >= 0.3 is 0 Å². The lowest BCUT2D eigenvalue weighted by Gasteiger charge is -2.37. The number of ether oxygens (including phenoxy) is 1. The number of aromatic nitrogens is 2. The van der Waals surface area contributed by atoms with Gasteiger partial charge in [0.25, 0.3) is 5.89 Å². The number of methoxy groups -OCH3 is 1. The topological polar surface area (TPSA) is 63.4 Å². The van der Waals surface area contributed by atoms with Gasteiger partial charge in [0.2, 0.25) is 5.82 Å². The van der Waals surface area contributed by atoms with Crippen molar-refractivity contribution < 1.29 is 9.26 Å². The fourth-order valence-electron chi connectivity index (χ4n) is 4.35. The first-order chi connectivity index (χ1) is 17.4. The Morgan fingerprint density at radius 2 is 1.67 bits per heavy atom. The molecule has 2 heterocycles. The van der Waals surface area contributed by atoms with Crippen molar-refractivity contribution in [1.82, 2.24) is 20.4 Å². The zero-order valence-corrected chi connectivity index (χ0v) is 21.6. The molecule has 3 aromatic carbocycles. The molecule has 182 valence electrons. The van der Waals surface area contributed by atoms with Crippen molar-refractivity contribution in [3.05, 3.63) is 107 Å². The van der Waals surface area contributed by atoms with Crippen LogP contribution in [0, 0.1) is 13.8 Å². The van der Waals surface area contributed by atoms with Crippen LogP contribution in [0.3, 0.4) is 0 Å². The fraction of sp³-hybridized carbons (Fsp3) is 0.207. The molecule has 0 radical (unpaired) electrons. The molecule has 7 heteroatoms. The van der Waals surface area contributed by atoms with Gasteiger partial charge in [0, 0.05) is 17.8 Å². The van der Waals surface area contributed by atoms with E-state index in [1.54, 1.807) is 7.11 Å². The van der Waals surface area contributed by atoms with Gasteiger partial charge < -0.3 is 19.5 Å². The summed E-state index contributed by atoms with van der Waals surface area (Å²) in [6, 6.07) is 24.3. The van der Waals surface area contributed by atoms with E-state index in [-0.39, 0.29) is 6.04 Å². The molecule has 1 N–H and O–H groups in total. The normalized spacial score (nSPS) is 15.7. The molecule has 0 spiro atoms. The number of allylic oxidation sites excluding steroid dienone is 1. The van der Waals surface area contributed by atoms with Gasteiger partial charge in [-0.25, -0.2) is 0 Å². The number of thiocarbonyl (C=S) groups is 1. The molecule has 1 aliphatic rings. The van der Waals surface area contributed by atoms with E-state index in [9.17, 15) is 0 Å². The largest absolute Gasteiger partial charge is 0.497 e. The summed E-state index contributed by atoms with van der Waals surface area (Å²) in [7, 11) is 1.64. The lowest BCUT2D eigenvalue weighted by atomic mass is 9.94. The Bertz CT molecular complexity index is 1420. The van der Waals surface area contributed by atoms with Crippen LogP contribution in [0.15, 0.2) is 83.0 Å². The molecule has 1 aliphatic heterocycles. The number of rotatable bonds is 6. The Morgan fingerprint density at radius 1 is 0.972 bits per heavy atom. The Hall–Kier alpha value is -3.97. The first kappa shape index (κ1) is 23.8. The number of aryl methyl sites for hydroxylation is 2. The van der Waals surface area contributed by atoms with Crippen LogP contribution in [0.1, 0.15) is 41.1 Å². The number of nitrogens with zero attached hydrogens (tertiary/aromatic N) is 3. The third-order valence-electron chi connectivity index (χ3n) is 6.45. The zero-order valence-electron chi connectivity index (χ0n) is 20.8. The van der Waals surface area contributed by atoms with Gasteiger partial charge in [-0.1, -0.05) is 76.9 Å². The van der Waals surface area contributed by atoms with Gasteiger partial charge in [0.05, 0.1) is 18.7 Å². The van der Waals surface area contributed by atoms with Crippen LogP contribution in [-0.4, -0.2) is 27.3 Å². The van der Waals surface area contributed by atoms with Crippen molar-refractivity contribution >= 4 is 22.9 Å². The van der Waals surface area contributed by atoms with E-state index >= 15 is 0 Å². The van der Waals surface area contributed by atoms with Crippen molar-refractivity contribution in [2.45, 2.75) is 33.4 Å². The second-order valence-corrected chi connectivity index (χ2v) is 9.41. The predicted octanol–water partition coefficient (Wildman–Crippen LogP) is 6.22. The van der Waals surface area contributed by atoms with E-state index in [1.165, 1.54) is 16.7 Å². The van der Waals surface area contributed by atoms with Crippen LogP contribution < -0.4 is 10.1 Å². The van der Waals surface area contributed by atoms with Crippen molar-refractivity contribution in [2.24, 2.45) is 0 Å². The van der Waals surface area contributed by atoms with Gasteiger partial charge in [0.15, 0.2) is 5.11 Å². The van der Waals surface area contributed by atoms with E-state index in [2.05, 4.69) is 84.7 Å². The molecule has 0 saturated heterocycles. The number of benzene rings is 3. The molecule has 1 unspecified atom stereocenters. The molecule has 1 aromatic heterocycles. The molecular formula is C29H28N4O2S. The predicted molar refractivity (Wildman–Crippen MR) is 145 cm³/mol. The average molecular weight is 497 g/mol. The maximum Gasteiger partial charge on any atom is 0.258 e. The summed E-state index contributed by atoms with van der Waals surface area (Å²) in [5.74, 6) is 1.70. The van der Waals surface area contributed by atoms with Crippen LogP contribution in [0.5, 0.6) is 5.75 Å². The van der Waals surface area contributed by atoms with Crippen molar-refractivity contribution in [3.8, 4) is 17.1 Å². The van der Waals surface area contributed by atoms with Crippen molar-refractivity contribution in [2.75, 3.05) is 7.11 Å². The Labute approximate surface area is 216 Å². The summed E-state index contributed by atoms with van der Waals surface area (Å²) < 4.78 is 11.2. The van der Waals surface area contributed by atoms with E-state index in [0.29, 0.717) is 23.4 Å². The minimum atomic E-state index is -0.217. The van der Waals surface area contributed by atoms with Gasteiger partial charge in [-0.3, -0.25) is 0 Å². The summed E-state index contributed by atoms with van der Waals surface area (Å²) >= 11 is 5.84. The summed E-state index contributed by atoms with van der Waals surface area (Å²) in [4.78, 5) is 6.89. The van der Waals surface area contributed by atoms with Crippen molar-refractivity contribution in [1.29, 1.82) is 0 Å². The molecule has 0 bridgehead atoms. The zero-order chi connectivity index (χ0) is 25.2. The number of nitrogens with one attached hydrogen (secondary N) is 1. The van der Waals surface area contributed by atoms with Crippen LogP contribution in [0.4, 0.5) is 0 Å². The van der Waals surface area contributed by atoms with Gasteiger partial charge in [-0.2, -0.15) is 4.98 Å². The smallest absolute Gasteiger partial charge is 0.258 e. The van der Waals surface area contributed by atoms with Crippen molar-refractivity contribution in [3.63, 3.8) is 0 Å². The number of hydrogen-bond donors (Lipinski definition) is 1. The Balaban J connectivity index is 1.58. The van der Waals surface area contributed by atoms with Gasteiger partial charge in [-0.15, -0.1) is 0 Å². The minimum absolute atomic E-state index is 0.217. The number of hydrogen-bond acceptors (Lipinski definition) is 5. The highest BCUT2D eigenvalue weighted by Crippen LogP contribution is 2.38. The quantitative estimate of drug-likeness (QED) is 0.318. The lowest BCUT2D eigenvalue weighted by molar-refractivity contribution is 0.396. The molecule has 5 rings (SSSR count). The molecule has 0 saturated carbocycles. The van der Waals surface area contributed by atoms with Crippen LogP contribution in [0.25, 0.3) is 17.0 Å². The Morgan fingerprint density at radius 3 is 2.36 bits per heavy atom. The van der Waals surface area contributed by atoms with E-state index in [4.69, 9.17) is 26.5 Å². The summed E-state index contributed by atoms with van der Waals surface area (Å²) in [5, 5.41) is 8.49. The van der Waals surface area contributed by atoms with Crippen LogP contribution >= 0.6 is 12.2 Å². The van der Waals surface area contributed by atoms with Gasteiger partial charge in [-0.05, 0) is 56.2 Å². The monoisotopic (exact) mass is 496 g/mol. The molecule has 36 heavy (non-hydrogen) atoms. The molecule has 0 aliphatic carbocycles. The summed E-state index contributed by atoms with van der Waals surface area (Å²) in [6.07, 6.45) is 0. The maximum atomic E-state index is 5.86. The third-order valence-corrected chi connectivity index (χ3v) is 6.79. The third kappa shape index (κ3) is 4.75. The SMILES string of the molecule is COc1cccc(-c2noc(C3=C(C)N(Cc4ccc(C)cc4)C(=S)NC3c3ccc(C)cc3)n2)c1. The highest BCUT2D eigenvalue weighted by Gasteiger charge is 2.34. The fourth-order valence-corrected chi connectivity index (χ4v) is 4.67. The molecule has 6 nitrogen and oxygen atoms in total. The highest BCUT2D eigenvalue weighted by atomic mass is 32.1. The molecule has 1 atom stereocenters. The second-order valence-electron chi connectivity index (χ2n) is 9.02. The second kappa shape index (κ2) is 9.95. The summed E-state index contributed by atoms with van der Waals surface area (Å²) in [6.45, 7) is 6.86. The summed E-state index contributed by atoms with van der Waals surface area (Å²) in [5.41, 5.74) is 7.37. The van der Waals surface area contributed by atoms with Crippen LogP contribution in [0.2, 0.25) is 0 Å². The maximum absolute atomic E-state index is 5.86. The first-order valence-corrected chi connectivity index (χ1v) is 12.2. The Kier molecular flexibility index (Phi) is 6.57. The average Bonchev–Trinajstić information content (AvgIpc) is 3.37. The van der Waals surface area contributed by atoms with Crippen LogP contribution in [-0.2, 0) is 6.54 Å². The minimum Gasteiger partial charge on any atom is -0.497 e. The van der Waals surface area contributed by atoms with Gasteiger partial charge in [0.1, 0.15) is 5.75 Å². The molecule has 0 fully saturated rings. The van der Waals surface area contributed by atoms with E-state index < -0.39 is 0 Å². The van der Waals surface area contributed by atoms with E-state index in [1.807, 2.05) is 24.3 Å².